The number of Topliss-reactive ketones (excluding diaryl/α,β-unsaturated/α-hetero) is 1. The lowest BCUT2D eigenvalue weighted by Crippen LogP contribution is -2.22. The molecule has 0 aromatic rings. The minimum Gasteiger partial charge on any atom is -0.300 e. The lowest BCUT2D eigenvalue weighted by atomic mass is 9.78. The number of ketones is 1. The van der Waals surface area contributed by atoms with Crippen molar-refractivity contribution in [2.45, 2.75) is 58.8 Å². The summed E-state index contributed by atoms with van der Waals surface area (Å²) in [5.74, 6) is 1.48. The molecule has 1 aliphatic carbocycles. The monoisotopic (exact) mass is 182 g/mol. The molecule has 0 saturated heterocycles. The van der Waals surface area contributed by atoms with Crippen molar-refractivity contribution >= 4 is 5.78 Å². The Morgan fingerprint density at radius 1 is 1.15 bits per heavy atom. The first-order chi connectivity index (χ1) is 6.25. The van der Waals surface area contributed by atoms with Crippen molar-refractivity contribution in [2.24, 2.45) is 11.8 Å². The van der Waals surface area contributed by atoms with Gasteiger partial charge in [-0.3, -0.25) is 4.79 Å². The molecule has 1 aliphatic rings. The molecule has 13 heavy (non-hydrogen) atoms. The Labute approximate surface area is 81.9 Å². The molecule has 1 saturated carbocycles. The summed E-state index contributed by atoms with van der Waals surface area (Å²) in [5, 5.41) is 0. The minimum atomic E-state index is 0.380. The first kappa shape index (κ1) is 10.7. The highest BCUT2D eigenvalue weighted by atomic mass is 16.1. The molecule has 76 valence electrons. The van der Waals surface area contributed by atoms with Gasteiger partial charge in [0.25, 0.3) is 0 Å². The number of rotatable bonds is 2. The summed E-state index contributed by atoms with van der Waals surface area (Å²) in [7, 11) is 0. The smallest absolute Gasteiger partial charge is 0.133 e. The molecule has 2 atom stereocenters. The molecule has 0 radical (unpaired) electrons. The molecule has 1 nitrogen and oxygen atoms in total. The first-order valence-electron chi connectivity index (χ1n) is 5.76. The van der Waals surface area contributed by atoms with Crippen LogP contribution in [-0.4, -0.2) is 5.78 Å². The number of hydrogen-bond acceptors (Lipinski definition) is 1. The Hall–Kier alpha value is -0.330. The van der Waals surface area contributed by atoms with Crippen molar-refractivity contribution in [3.63, 3.8) is 0 Å². The van der Waals surface area contributed by atoms with E-state index in [0.29, 0.717) is 17.6 Å². The van der Waals surface area contributed by atoms with E-state index in [0.717, 1.165) is 6.42 Å². The van der Waals surface area contributed by atoms with Gasteiger partial charge in [0.05, 0.1) is 0 Å². The normalized spacial score (nSPS) is 30.6. The van der Waals surface area contributed by atoms with Crippen LogP contribution >= 0.6 is 0 Å². The Kier molecular flexibility index (Phi) is 4.47. The van der Waals surface area contributed by atoms with E-state index in [9.17, 15) is 4.79 Å². The van der Waals surface area contributed by atoms with E-state index >= 15 is 0 Å². The van der Waals surface area contributed by atoms with Crippen molar-refractivity contribution < 1.29 is 4.79 Å². The van der Waals surface area contributed by atoms with Crippen LogP contribution < -0.4 is 0 Å². The van der Waals surface area contributed by atoms with Crippen LogP contribution in [0.5, 0.6) is 0 Å². The average molecular weight is 182 g/mol. The third-order valence-electron chi connectivity index (χ3n) is 3.46. The highest BCUT2D eigenvalue weighted by Gasteiger charge is 2.24. The van der Waals surface area contributed by atoms with E-state index < -0.39 is 0 Å². The SMILES string of the molecule is CCC1CCCCCCC1C(C)=O. The van der Waals surface area contributed by atoms with Gasteiger partial charge in [-0.2, -0.15) is 0 Å². The van der Waals surface area contributed by atoms with Crippen molar-refractivity contribution in [3.8, 4) is 0 Å². The number of hydrogen-bond donors (Lipinski definition) is 0. The van der Waals surface area contributed by atoms with Crippen molar-refractivity contribution in [2.75, 3.05) is 0 Å². The molecule has 0 amide bonds. The van der Waals surface area contributed by atoms with Gasteiger partial charge in [0.1, 0.15) is 5.78 Å². The topological polar surface area (TPSA) is 17.1 Å². The zero-order valence-corrected chi connectivity index (χ0v) is 9.01. The Bertz CT molecular complexity index is 163. The maximum absolute atomic E-state index is 11.4. The van der Waals surface area contributed by atoms with Crippen LogP contribution in [0, 0.1) is 11.8 Å². The van der Waals surface area contributed by atoms with E-state index in [1.807, 2.05) is 0 Å². The fourth-order valence-corrected chi connectivity index (χ4v) is 2.59. The van der Waals surface area contributed by atoms with Crippen molar-refractivity contribution in [3.05, 3.63) is 0 Å². The largest absolute Gasteiger partial charge is 0.300 e. The van der Waals surface area contributed by atoms with Crippen LogP contribution in [0.2, 0.25) is 0 Å². The van der Waals surface area contributed by atoms with E-state index in [1.54, 1.807) is 6.92 Å². The number of carbonyl (C=O) groups is 1. The molecule has 1 rings (SSSR count). The molecule has 2 unspecified atom stereocenters. The van der Waals surface area contributed by atoms with Crippen LogP contribution in [0.4, 0.5) is 0 Å². The van der Waals surface area contributed by atoms with Crippen molar-refractivity contribution in [1.82, 2.24) is 0 Å². The predicted octanol–water partition coefficient (Wildman–Crippen LogP) is 3.57. The molecular weight excluding hydrogens is 160 g/mol. The highest BCUT2D eigenvalue weighted by Crippen LogP contribution is 2.30. The summed E-state index contributed by atoms with van der Waals surface area (Å²) >= 11 is 0. The molecule has 0 N–H and O–H groups in total. The maximum Gasteiger partial charge on any atom is 0.133 e. The summed E-state index contributed by atoms with van der Waals surface area (Å²) < 4.78 is 0. The quantitative estimate of drug-likeness (QED) is 0.638. The van der Waals surface area contributed by atoms with Gasteiger partial charge in [0.2, 0.25) is 0 Å². The van der Waals surface area contributed by atoms with E-state index in [1.165, 1.54) is 38.5 Å². The Morgan fingerprint density at radius 3 is 2.31 bits per heavy atom. The van der Waals surface area contributed by atoms with Gasteiger partial charge < -0.3 is 0 Å². The van der Waals surface area contributed by atoms with Crippen LogP contribution in [0.1, 0.15) is 58.8 Å². The van der Waals surface area contributed by atoms with Crippen LogP contribution in [0.3, 0.4) is 0 Å². The fourth-order valence-electron chi connectivity index (χ4n) is 2.59. The Morgan fingerprint density at radius 2 is 1.77 bits per heavy atom. The van der Waals surface area contributed by atoms with Crippen LogP contribution in [-0.2, 0) is 4.79 Å². The minimum absolute atomic E-state index is 0.380. The van der Waals surface area contributed by atoms with Gasteiger partial charge in [0, 0.05) is 5.92 Å². The third-order valence-corrected chi connectivity index (χ3v) is 3.46. The fraction of sp³-hybridized carbons (Fsp3) is 0.917. The molecule has 0 bridgehead atoms. The third kappa shape index (κ3) is 3.13. The number of carbonyl (C=O) groups excluding carboxylic acids is 1. The lowest BCUT2D eigenvalue weighted by molar-refractivity contribution is -0.123. The Balaban J connectivity index is 2.55. The predicted molar refractivity (Wildman–Crippen MR) is 55.7 cm³/mol. The molecule has 0 heterocycles. The maximum atomic E-state index is 11.4. The average Bonchev–Trinajstić information content (AvgIpc) is 2.03. The summed E-state index contributed by atoms with van der Waals surface area (Å²) in [5.41, 5.74) is 0. The molecular formula is C12H22O. The summed E-state index contributed by atoms with van der Waals surface area (Å²) in [4.78, 5) is 11.4. The highest BCUT2D eigenvalue weighted by molar-refractivity contribution is 5.78. The van der Waals surface area contributed by atoms with Crippen LogP contribution in [0.15, 0.2) is 0 Å². The molecule has 0 aromatic heterocycles. The van der Waals surface area contributed by atoms with Crippen molar-refractivity contribution in [1.29, 1.82) is 0 Å². The molecule has 1 heteroatoms. The molecule has 1 fully saturated rings. The van der Waals surface area contributed by atoms with E-state index in [4.69, 9.17) is 0 Å². The second kappa shape index (κ2) is 5.41. The second-order valence-electron chi connectivity index (χ2n) is 4.38. The summed E-state index contributed by atoms with van der Waals surface area (Å²) in [6, 6.07) is 0. The van der Waals surface area contributed by atoms with Gasteiger partial charge in [-0.1, -0.05) is 39.0 Å². The van der Waals surface area contributed by atoms with Gasteiger partial charge in [-0.05, 0) is 25.7 Å². The summed E-state index contributed by atoms with van der Waals surface area (Å²) in [6.45, 7) is 4.00. The molecule has 0 aromatic carbocycles. The van der Waals surface area contributed by atoms with Gasteiger partial charge in [-0.15, -0.1) is 0 Å². The van der Waals surface area contributed by atoms with Crippen LogP contribution in [0.25, 0.3) is 0 Å². The summed E-state index contributed by atoms with van der Waals surface area (Å²) in [6.07, 6.45) is 8.92. The molecule has 0 aliphatic heterocycles. The van der Waals surface area contributed by atoms with E-state index in [2.05, 4.69) is 6.92 Å². The first-order valence-corrected chi connectivity index (χ1v) is 5.76. The van der Waals surface area contributed by atoms with E-state index in [-0.39, 0.29) is 0 Å². The van der Waals surface area contributed by atoms with Gasteiger partial charge in [-0.25, -0.2) is 0 Å². The zero-order valence-electron chi connectivity index (χ0n) is 9.01. The lowest BCUT2D eigenvalue weighted by Gasteiger charge is -2.26. The second-order valence-corrected chi connectivity index (χ2v) is 4.38. The standard InChI is InChI=1S/C12H22O/c1-3-11-8-6-4-5-7-9-12(11)10(2)13/h11-12H,3-9H2,1-2H3. The molecule has 0 spiro atoms. The van der Waals surface area contributed by atoms with Gasteiger partial charge >= 0.3 is 0 Å². The zero-order chi connectivity index (χ0) is 9.68. The van der Waals surface area contributed by atoms with Gasteiger partial charge in [0.15, 0.2) is 0 Å².